The lowest BCUT2D eigenvalue weighted by Crippen LogP contribution is -2.25. The molecule has 0 amide bonds. The number of carbonyl (C=O) groups is 3. The third kappa shape index (κ3) is 9.04. The maximum atomic E-state index is 11.4. The molecule has 0 aromatic rings. The van der Waals surface area contributed by atoms with Gasteiger partial charge in [0.1, 0.15) is 13.2 Å². The molecule has 6 nitrogen and oxygen atoms in total. The maximum absolute atomic E-state index is 11.4. The summed E-state index contributed by atoms with van der Waals surface area (Å²) in [5.74, 6) is -1.30. The van der Waals surface area contributed by atoms with E-state index in [0.717, 1.165) is 0 Å². The molecule has 0 bridgehead atoms. The van der Waals surface area contributed by atoms with Gasteiger partial charge >= 0.3 is 17.9 Å². The zero-order valence-electron chi connectivity index (χ0n) is 12.0. The Bertz CT molecular complexity index is 316. The Morgan fingerprint density at radius 2 is 1.32 bits per heavy atom. The minimum atomic E-state index is -0.575. The number of carbonyl (C=O) groups excluding carboxylic acids is 3. The number of rotatable bonds is 7. The fourth-order valence-electron chi connectivity index (χ4n) is 1.02. The zero-order chi connectivity index (χ0) is 14.9. The van der Waals surface area contributed by atoms with E-state index in [-0.39, 0.29) is 38.6 Å². The van der Waals surface area contributed by atoms with Crippen LogP contribution in [-0.2, 0) is 28.6 Å². The van der Waals surface area contributed by atoms with Gasteiger partial charge in [-0.1, -0.05) is 0 Å². The molecule has 6 heteroatoms. The van der Waals surface area contributed by atoms with Crippen molar-refractivity contribution in [2.75, 3.05) is 19.8 Å². The molecule has 0 rings (SSSR count). The van der Waals surface area contributed by atoms with E-state index in [0.29, 0.717) is 0 Å². The highest BCUT2D eigenvalue weighted by Crippen LogP contribution is 2.14. The highest BCUT2D eigenvalue weighted by molar-refractivity contribution is 5.77. The van der Waals surface area contributed by atoms with E-state index in [1.54, 1.807) is 27.7 Å². The van der Waals surface area contributed by atoms with Crippen molar-refractivity contribution in [3.8, 4) is 0 Å². The molecule has 0 fully saturated rings. The van der Waals surface area contributed by atoms with E-state index < -0.39 is 17.4 Å². The topological polar surface area (TPSA) is 78.9 Å². The van der Waals surface area contributed by atoms with Crippen LogP contribution in [0.1, 0.15) is 40.5 Å². The third-order valence-electron chi connectivity index (χ3n) is 2.03. The van der Waals surface area contributed by atoms with Crippen LogP contribution in [0, 0.1) is 5.41 Å². The van der Waals surface area contributed by atoms with Crippen molar-refractivity contribution in [2.45, 2.75) is 40.5 Å². The van der Waals surface area contributed by atoms with Gasteiger partial charge in [0.2, 0.25) is 0 Å². The second-order valence-electron chi connectivity index (χ2n) is 4.91. The Morgan fingerprint density at radius 3 is 1.79 bits per heavy atom. The average molecular weight is 274 g/mol. The van der Waals surface area contributed by atoms with Gasteiger partial charge in [0.25, 0.3) is 0 Å². The van der Waals surface area contributed by atoms with Gasteiger partial charge in [0.05, 0.1) is 24.9 Å². The quantitative estimate of drug-likeness (QED) is 0.397. The summed E-state index contributed by atoms with van der Waals surface area (Å²) in [5, 5.41) is 0. The van der Waals surface area contributed by atoms with Crippen molar-refractivity contribution in [1.82, 2.24) is 0 Å². The molecule has 0 aromatic carbocycles. The molecule has 19 heavy (non-hydrogen) atoms. The Hall–Kier alpha value is -1.59. The molecule has 0 aliphatic heterocycles. The minimum Gasteiger partial charge on any atom is -0.466 e. The highest BCUT2D eigenvalue weighted by atomic mass is 16.6. The van der Waals surface area contributed by atoms with Crippen LogP contribution < -0.4 is 0 Å². The first kappa shape index (κ1) is 17.4. The van der Waals surface area contributed by atoms with E-state index in [9.17, 15) is 14.4 Å². The molecule has 0 radical (unpaired) electrons. The van der Waals surface area contributed by atoms with Gasteiger partial charge in [-0.2, -0.15) is 0 Å². The number of ether oxygens (including phenoxy) is 3. The summed E-state index contributed by atoms with van der Waals surface area (Å²) in [6.45, 7) is 7.20. The van der Waals surface area contributed by atoms with Crippen LogP contribution in [-0.4, -0.2) is 37.7 Å². The molecule has 0 unspecified atom stereocenters. The molecule has 110 valence electrons. The van der Waals surface area contributed by atoms with Crippen molar-refractivity contribution >= 4 is 17.9 Å². The highest BCUT2D eigenvalue weighted by Gasteiger charge is 2.22. The van der Waals surface area contributed by atoms with E-state index in [1.807, 2.05) is 0 Å². The van der Waals surface area contributed by atoms with E-state index in [1.165, 1.54) is 0 Å². The van der Waals surface area contributed by atoms with Crippen LogP contribution in [0.2, 0.25) is 0 Å². The number of hydrogen-bond acceptors (Lipinski definition) is 6. The largest absolute Gasteiger partial charge is 0.466 e. The Labute approximate surface area is 113 Å². The first-order valence-corrected chi connectivity index (χ1v) is 6.25. The monoisotopic (exact) mass is 274 g/mol. The lowest BCUT2D eigenvalue weighted by atomic mass is 9.97. The predicted octanol–water partition coefficient (Wildman–Crippen LogP) is 1.46. The average Bonchev–Trinajstić information content (AvgIpc) is 2.31. The smallest absolute Gasteiger partial charge is 0.311 e. The first-order valence-electron chi connectivity index (χ1n) is 6.25. The SMILES string of the molecule is CCOC(=O)CCC(=O)OCCOC(=O)C(C)(C)C. The molecular formula is C13H22O6. The molecule has 0 spiro atoms. The van der Waals surface area contributed by atoms with Crippen LogP contribution in [0.25, 0.3) is 0 Å². The summed E-state index contributed by atoms with van der Waals surface area (Å²) in [7, 11) is 0. The lowest BCUT2D eigenvalue weighted by Gasteiger charge is -2.16. The lowest BCUT2D eigenvalue weighted by molar-refractivity contribution is -0.158. The fourth-order valence-corrected chi connectivity index (χ4v) is 1.02. The Kier molecular flexibility index (Phi) is 7.79. The summed E-state index contributed by atoms with van der Waals surface area (Å²) in [6.07, 6.45) is -0.0412. The molecule has 0 atom stereocenters. The zero-order valence-corrected chi connectivity index (χ0v) is 12.0. The van der Waals surface area contributed by atoms with Crippen molar-refractivity contribution in [3.63, 3.8) is 0 Å². The molecule has 0 aliphatic carbocycles. The first-order chi connectivity index (χ1) is 8.77. The Morgan fingerprint density at radius 1 is 0.842 bits per heavy atom. The van der Waals surface area contributed by atoms with E-state index in [4.69, 9.17) is 9.47 Å². The van der Waals surface area contributed by atoms with Gasteiger partial charge in [0, 0.05) is 0 Å². The van der Waals surface area contributed by atoms with Gasteiger partial charge in [-0.15, -0.1) is 0 Å². The maximum Gasteiger partial charge on any atom is 0.311 e. The van der Waals surface area contributed by atoms with Gasteiger partial charge in [-0.05, 0) is 27.7 Å². The van der Waals surface area contributed by atoms with Crippen LogP contribution in [0.15, 0.2) is 0 Å². The van der Waals surface area contributed by atoms with E-state index >= 15 is 0 Å². The molecule has 0 aromatic heterocycles. The second kappa shape index (κ2) is 8.50. The van der Waals surface area contributed by atoms with Crippen molar-refractivity contribution in [3.05, 3.63) is 0 Å². The van der Waals surface area contributed by atoms with Crippen molar-refractivity contribution in [1.29, 1.82) is 0 Å². The van der Waals surface area contributed by atoms with Gasteiger partial charge in [0.15, 0.2) is 0 Å². The molecule has 0 aliphatic rings. The second-order valence-corrected chi connectivity index (χ2v) is 4.91. The van der Waals surface area contributed by atoms with Gasteiger partial charge in [-0.3, -0.25) is 14.4 Å². The predicted molar refractivity (Wildman–Crippen MR) is 67.2 cm³/mol. The van der Waals surface area contributed by atoms with Crippen molar-refractivity contribution in [2.24, 2.45) is 5.41 Å². The fraction of sp³-hybridized carbons (Fsp3) is 0.769. The number of hydrogen-bond donors (Lipinski definition) is 0. The summed E-state index contributed by atoms with van der Waals surface area (Å²) < 4.78 is 14.4. The van der Waals surface area contributed by atoms with E-state index in [2.05, 4.69) is 4.74 Å². The summed E-state index contributed by atoms with van der Waals surface area (Å²) in [6, 6.07) is 0. The molecule has 0 saturated carbocycles. The summed E-state index contributed by atoms with van der Waals surface area (Å²) >= 11 is 0. The van der Waals surface area contributed by atoms with Crippen LogP contribution >= 0.6 is 0 Å². The number of esters is 3. The Balaban J connectivity index is 3.65. The van der Waals surface area contributed by atoms with Gasteiger partial charge < -0.3 is 14.2 Å². The molecular weight excluding hydrogens is 252 g/mol. The van der Waals surface area contributed by atoms with Gasteiger partial charge in [-0.25, -0.2) is 0 Å². The normalized spacial score (nSPS) is 10.7. The summed E-state index contributed by atoms with van der Waals surface area (Å²) in [4.78, 5) is 33.6. The van der Waals surface area contributed by atoms with Crippen LogP contribution in [0.4, 0.5) is 0 Å². The molecule has 0 saturated heterocycles. The third-order valence-corrected chi connectivity index (χ3v) is 2.03. The molecule has 0 heterocycles. The summed E-state index contributed by atoms with van der Waals surface area (Å²) in [5.41, 5.74) is -0.575. The molecule has 0 N–H and O–H groups in total. The van der Waals surface area contributed by atoms with Crippen LogP contribution in [0.5, 0.6) is 0 Å². The van der Waals surface area contributed by atoms with Crippen LogP contribution in [0.3, 0.4) is 0 Å². The standard InChI is InChI=1S/C13H22O6/c1-5-17-10(14)6-7-11(15)18-8-9-19-12(16)13(2,3)4/h5-9H2,1-4H3. The minimum absolute atomic E-state index is 0.00550. The van der Waals surface area contributed by atoms with Crippen molar-refractivity contribution < 1.29 is 28.6 Å².